The maximum absolute atomic E-state index is 13.0. The van der Waals surface area contributed by atoms with Crippen molar-refractivity contribution >= 4 is 28.3 Å². The van der Waals surface area contributed by atoms with E-state index in [1.54, 1.807) is 5.38 Å². The number of likely N-dealkylation sites (tertiary alicyclic amines) is 1. The van der Waals surface area contributed by atoms with Crippen molar-refractivity contribution in [1.82, 2.24) is 20.1 Å². The van der Waals surface area contributed by atoms with Crippen molar-refractivity contribution in [3.8, 4) is 0 Å². The quantitative estimate of drug-likeness (QED) is 0.752. The molecule has 2 aromatic rings. The maximum Gasteiger partial charge on any atom is 0.271 e. The molecular weight excluding hydrogens is 386 g/mol. The molecule has 3 N–H and O–H groups in total. The van der Waals surface area contributed by atoms with Gasteiger partial charge in [0.25, 0.3) is 5.91 Å². The number of nitrogens with zero attached hydrogens (tertiary/aromatic N) is 3. The number of hydrogen-bond acceptors (Lipinski definition) is 6. The number of amides is 2. The van der Waals surface area contributed by atoms with E-state index in [1.807, 2.05) is 37.2 Å². The Morgan fingerprint density at radius 3 is 2.72 bits per heavy atom. The van der Waals surface area contributed by atoms with E-state index >= 15 is 0 Å². The monoisotopic (exact) mass is 415 g/mol. The average molecular weight is 416 g/mol. The van der Waals surface area contributed by atoms with Crippen LogP contribution in [0, 0.1) is 5.92 Å². The first-order chi connectivity index (χ1) is 13.9. The molecule has 1 saturated heterocycles. The third kappa shape index (κ3) is 6.01. The number of nitrogens with one attached hydrogen (secondary N) is 1. The van der Waals surface area contributed by atoms with E-state index < -0.39 is 0 Å². The summed E-state index contributed by atoms with van der Waals surface area (Å²) in [6, 6.07) is 10.2. The first-order valence-electron chi connectivity index (χ1n) is 9.91. The van der Waals surface area contributed by atoms with Crippen molar-refractivity contribution in [2.24, 2.45) is 5.92 Å². The van der Waals surface area contributed by atoms with Crippen LogP contribution < -0.4 is 11.1 Å². The Bertz CT molecular complexity index is 825. The number of rotatable bonds is 6. The van der Waals surface area contributed by atoms with Gasteiger partial charge in [-0.15, -0.1) is 11.3 Å². The van der Waals surface area contributed by atoms with Gasteiger partial charge in [0, 0.05) is 38.1 Å². The molecular formula is C21H29N5O2S. The summed E-state index contributed by atoms with van der Waals surface area (Å²) in [6.45, 7) is 2.11. The molecule has 0 unspecified atom stereocenters. The number of hydrogen-bond donors (Lipinski definition) is 2. The molecule has 0 radical (unpaired) electrons. The summed E-state index contributed by atoms with van der Waals surface area (Å²) in [7, 11) is 3.87. The summed E-state index contributed by atoms with van der Waals surface area (Å²) >= 11 is 1.26. The van der Waals surface area contributed by atoms with Gasteiger partial charge >= 0.3 is 0 Å². The zero-order chi connectivity index (χ0) is 20.8. The van der Waals surface area contributed by atoms with E-state index in [1.165, 1.54) is 16.9 Å². The van der Waals surface area contributed by atoms with Crippen LogP contribution >= 0.6 is 11.3 Å². The predicted octanol–water partition coefficient (Wildman–Crippen LogP) is 1.87. The predicted molar refractivity (Wildman–Crippen MR) is 116 cm³/mol. The molecule has 0 saturated carbocycles. The molecule has 1 fully saturated rings. The molecule has 0 spiro atoms. The van der Waals surface area contributed by atoms with Crippen LogP contribution in [0.25, 0.3) is 0 Å². The van der Waals surface area contributed by atoms with Crippen molar-refractivity contribution in [3.63, 3.8) is 0 Å². The molecule has 0 aliphatic carbocycles. The van der Waals surface area contributed by atoms with Gasteiger partial charge in [-0.1, -0.05) is 30.3 Å². The Morgan fingerprint density at radius 1 is 1.28 bits per heavy atom. The fraction of sp³-hybridized carbons (Fsp3) is 0.476. The van der Waals surface area contributed by atoms with Gasteiger partial charge in [0.1, 0.15) is 5.69 Å². The maximum atomic E-state index is 13.0. The molecule has 1 aromatic heterocycles. The Morgan fingerprint density at radius 2 is 2.03 bits per heavy atom. The summed E-state index contributed by atoms with van der Waals surface area (Å²) in [5, 5.41) is 5.09. The van der Waals surface area contributed by atoms with Gasteiger partial charge < -0.3 is 20.9 Å². The fourth-order valence-electron chi connectivity index (χ4n) is 3.75. The van der Waals surface area contributed by atoms with Gasteiger partial charge in [0.15, 0.2) is 5.13 Å². The molecule has 7 nitrogen and oxygen atoms in total. The number of nitrogens with two attached hydrogens (primary N) is 1. The molecule has 2 atom stereocenters. The lowest BCUT2D eigenvalue weighted by atomic mass is 10.00. The lowest BCUT2D eigenvalue weighted by molar-refractivity contribution is -0.134. The number of carbonyl (C=O) groups excluding carboxylic acids is 2. The molecule has 1 aliphatic heterocycles. The number of nitrogen functional groups attached to an aromatic ring is 1. The number of aromatic nitrogens is 1. The minimum atomic E-state index is -0.207. The highest BCUT2D eigenvalue weighted by molar-refractivity contribution is 7.13. The third-order valence-corrected chi connectivity index (χ3v) is 6.00. The van der Waals surface area contributed by atoms with E-state index in [9.17, 15) is 9.59 Å². The van der Waals surface area contributed by atoms with Crippen molar-refractivity contribution < 1.29 is 9.59 Å². The lowest BCUT2D eigenvalue weighted by Crippen LogP contribution is -2.42. The van der Waals surface area contributed by atoms with Gasteiger partial charge in [-0.2, -0.15) is 0 Å². The Kier molecular flexibility index (Phi) is 7.22. The standard InChI is InChI=1S/C21H29N5O2S/c1-25-12-16(20(28)26(2)11-10-15-6-4-3-5-7-15)8-9-17(13-25)23-19(27)18-14-29-21(22)24-18/h3-7,14,16-17H,8-13H2,1-2H3,(H2,22,24)(H,23,27)/t16-,17+/m1/s1. The van der Waals surface area contributed by atoms with Crippen LogP contribution in [0.1, 0.15) is 28.9 Å². The van der Waals surface area contributed by atoms with Gasteiger partial charge in [-0.05, 0) is 31.9 Å². The molecule has 2 amide bonds. The number of benzene rings is 1. The zero-order valence-electron chi connectivity index (χ0n) is 17.0. The minimum absolute atomic E-state index is 0.0113. The Labute approximate surface area is 175 Å². The largest absolute Gasteiger partial charge is 0.375 e. The topological polar surface area (TPSA) is 91.6 Å². The Hall–Kier alpha value is -2.45. The van der Waals surface area contributed by atoms with E-state index in [-0.39, 0.29) is 23.8 Å². The number of anilines is 1. The zero-order valence-corrected chi connectivity index (χ0v) is 17.8. The molecule has 3 rings (SSSR count). The molecule has 0 bridgehead atoms. The van der Waals surface area contributed by atoms with Crippen LogP contribution in [-0.4, -0.2) is 66.4 Å². The summed E-state index contributed by atoms with van der Waals surface area (Å²) in [5.74, 6) is -0.0919. The van der Waals surface area contributed by atoms with Crippen LogP contribution in [0.5, 0.6) is 0 Å². The van der Waals surface area contributed by atoms with E-state index in [4.69, 9.17) is 5.73 Å². The molecule has 2 heterocycles. The van der Waals surface area contributed by atoms with Crippen LogP contribution in [-0.2, 0) is 11.2 Å². The van der Waals surface area contributed by atoms with Crippen molar-refractivity contribution in [2.75, 3.05) is 39.5 Å². The van der Waals surface area contributed by atoms with Crippen molar-refractivity contribution in [2.45, 2.75) is 25.3 Å². The second-order valence-corrected chi connectivity index (χ2v) is 8.62. The number of thiazole rings is 1. The van der Waals surface area contributed by atoms with Crippen LogP contribution in [0.2, 0.25) is 0 Å². The SMILES string of the molecule is CN1C[C@@H](NC(=O)c2csc(N)n2)CC[C@@H](C(=O)N(C)CCc2ccccc2)C1. The summed E-state index contributed by atoms with van der Waals surface area (Å²) < 4.78 is 0. The molecule has 1 aromatic carbocycles. The van der Waals surface area contributed by atoms with Gasteiger partial charge in [0.05, 0.1) is 5.92 Å². The number of likely N-dealkylation sites (N-methyl/N-ethyl adjacent to an activating group) is 2. The van der Waals surface area contributed by atoms with Crippen LogP contribution in [0.3, 0.4) is 0 Å². The van der Waals surface area contributed by atoms with Crippen molar-refractivity contribution in [1.29, 1.82) is 0 Å². The highest BCUT2D eigenvalue weighted by Crippen LogP contribution is 2.19. The summed E-state index contributed by atoms with van der Waals surface area (Å²) in [6.07, 6.45) is 2.36. The van der Waals surface area contributed by atoms with Gasteiger partial charge in [0.2, 0.25) is 5.91 Å². The average Bonchev–Trinajstić information content (AvgIpc) is 3.06. The fourth-order valence-corrected chi connectivity index (χ4v) is 4.29. The first-order valence-corrected chi connectivity index (χ1v) is 10.8. The molecule has 156 valence electrons. The lowest BCUT2D eigenvalue weighted by Gasteiger charge is -2.25. The summed E-state index contributed by atoms with van der Waals surface area (Å²) in [5.41, 5.74) is 7.20. The molecule has 1 aliphatic rings. The normalized spacial score (nSPS) is 20.1. The van der Waals surface area contributed by atoms with Gasteiger partial charge in [-0.25, -0.2) is 4.98 Å². The Balaban J connectivity index is 1.52. The van der Waals surface area contributed by atoms with E-state index in [0.29, 0.717) is 30.5 Å². The van der Waals surface area contributed by atoms with Crippen molar-refractivity contribution in [3.05, 3.63) is 47.0 Å². The molecule has 8 heteroatoms. The van der Waals surface area contributed by atoms with Crippen LogP contribution in [0.15, 0.2) is 35.7 Å². The highest BCUT2D eigenvalue weighted by Gasteiger charge is 2.29. The third-order valence-electron chi connectivity index (χ3n) is 5.32. The minimum Gasteiger partial charge on any atom is -0.375 e. The summed E-state index contributed by atoms with van der Waals surface area (Å²) in [4.78, 5) is 33.3. The highest BCUT2D eigenvalue weighted by atomic mass is 32.1. The second kappa shape index (κ2) is 9.84. The van der Waals surface area contributed by atoms with Gasteiger partial charge in [-0.3, -0.25) is 9.59 Å². The second-order valence-electron chi connectivity index (χ2n) is 7.73. The van der Waals surface area contributed by atoms with E-state index in [0.717, 1.165) is 19.3 Å². The first kappa shape index (κ1) is 21.3. The molecule has 29 heavy (non-hydrogen) atoms. The smallest absolute Gasteiger partial charge is 0.271 e. The van der Waals surface area contributed by atoms with Crippen LogP contribution in [0.4, 0.5) is 5.13 Å². The van der Waals surface area contributed by atoms with E-state index in [2.05, 4.69) is 27.3 Å². The number of carbonyl (C=O) groups is 2.